The minimum atomic E-state index is -4.64. The smallest absolute Gasteiger partial charge is 0.312 e. The second kappa shape index (κ2) is 8.81. The van der Waals surface area contributed by atoms with Crippen LogP contribution in [0.3, 0.4) is 0 Å². The van der Waals surface area contributed by atoms with Gasteiger partial charge in [0.15, 0.2) is 0 Å². The van der Waals surface area contributed by atoms with Gasteiger partial charge in [-0.15, -0.1) is 5.10 Å². The minimum absolute atomic E-state index is 0.0388. The van der Waals surface area contributed by atoms with Gasteiger partial charge in [0.1, 0.15) is 0 Å². The summed E-state index contributed by atoms with van der Waals surface area (Å²) in [6.45, 7) is 6.06. The van der Waals surface area contributed by atoms with Gasteiger partial charge in [0, 0.05) is 30.0 Å². The molecule has 0 unspecified atom stereocenters. The quantitative estimate of drug-likeness (QED) is 0.565. The molecule has 0 aliphatic heterocycles. The summed E-state index contributed by atoms with van der Waals surface area (Å²) in [5.41, 5.74) is 2.60. The summed E-state index contributed by atoms with van der Waals surface area (Å²) >= 11 is 0. The van der Waals surface area contributed by atoms with Gasteiger partial charge < -0.3 is 4.90 Å². The molecule has 9 heteroatoms. The maximum atomic E-state index is 13.0. The molecule has 2 heterocycles. The van der Waals surface area contributed by atoms with Gasteiger partial charge in [-0.25, -0.2) is 9.50 Å². The van der Waals surface area contributed by atoms with Gasteiger partial charge in [-0.1, -0.05) is 31.5 Å². The van der Waals surface area contributed by atoms with Crippen molar-refractivity contribution >= 4 is 17.4 Å². The van der Waals surface area contributed by atoms with Gasteiger partial charge in [0.25, 0.3) is 11.6 Å². The lowest BCUT2D eigenvalue weighted by Gasteiger charge is -2.23. The van der Waals surface area contributed by atoms with Gasteiger partial charge in [-0.2, -0.15) is 18.2 Å². The largest absolute Gasteiger partial charge is 0.453 e. The molecule has 160 valence electrons. The number of hydrogen-bond donors (Lipinski definition) is 0. The fraction of sp³-hybridized carbons (Fsp3) is 0.429. The maximum Gasteiger partial charge on any atom is 0.453 e. The average molecular weight is 419 g/mol. The molecular formula is C21H24F3N5O. The van der Waals surface area contributed by atoms with Gasteiger partial charge in [0.2, 0.25) is 5.91 Å². The van der Waals surface area contributed by atoms with Gasteiger partial charge in [-0.05, 0) is 44.4 Å². The number of halogens is 3. The first-order valence-electron chi connectivity index (χ1n) is 9.87. The van der Waals surface area contributed by atoms with Crippen LogP contribution in [0, 0.1) is 13.8 Å². The summed E-state index contributed by atoms with van der Waals surface area (Å²) < 4.78 is 39.9. The number of amides is 1. The van der Waals surface area contributed by atoms with Crippen LogP contribution in [0.4, 0.5) is 18.9 Å². The molecule has 6 nitrogen and oxygen atoms in total. The lowest BCUT2D eigenvalue weighted by molar-refractivity contribution is -0.144. The second-order valence-electron chi connectivity index (χ2n) is 7.14. The Balaban J connectivity index is 1.83. The van der Waals surface area contributed by atoms with Crippen LogP contribution in [0.1, 0.15) is 49.0 Å². The normalized spacial score (nSPS) is 11.8. The molecule has 2 aromatic heterocycles. The third-order valence-electron chi connectivity index (χ3n) is 5.00. The van der Waals surface area contributed by atoms with Crippen LogP contribution < -0.4 is 4.90 Å². The number of carbonyl (C=O) groups is 1. The molecule has 1 aromatic carbocycles. The van der Waals surface area contributed by atoms with E-state index in [-0.39, 0.29) is 18.1 Å². The number of benzene rings is 1. The SMILES string of the molecule is CCCCN(C(=O)CCc1c(C)nc2nc(C(F)(F)F)nn2c1C)c1ccccc1. The molecule has 0 spiro atoms. The van der Waals surface area contributed by atoms with Gasteiger partial charge >= 0.3 is 6.18 Å². The van der Waals surface area contributed by atoms with Crippen molar-refractivity contribution in [3.8, 4) is 0 Å². The number of anilines is 1. The lowest BCUT2D eigenvalue weighted by atomic mass is 10.1. The van der Waals surface area contributed by atoms with Gasteiger partial charge in [-0.3, -0.25) is 4.79 Å². The van der Waals surface area contributed by atoms with Crippen molar-refractivity contribution in [2.45, 2.75) is 52.6 Å². The molecule has 0 atom stereocenters. The summed E-state index contributed by atoms with van der Waals surface area (Å²) in [6.07, 6.45) is -2.22. The van der Waals surface area contributed by atoms with E-state index in [2.05, 4.69) is 22.0 Å². The molecular weight excluding hydrogens is 395 g/mol. The fourth-order valence-electron chi connectivity index (χ4n) is 3.38. The Bertz CT molecular complexity index is 1030. The van der Waals surface area contributed by atoms with Crippen LogP contribution in [0.15, 0.2) is 30.3 Å². The van der Waals surface area contributed by atoms with Crippen molar-refractivity contribution in [2.75, 3.05) is 11.4 Å². The van der Waals surface area contributed by atoms with Crippen LogP contribution in [0.2, 0.25) is 0 Å². The molecule has 0 saturated carbocycles. The fourth-order valence-corrected chi connectivity index (χ4v) is 3.38. The first kappa shape index (κ1) is 21.7. The van der Waals surface area contributed by atoms with E-state index in [9.17, 15) is 18.0 Å². The van der Waals surface area contributed by atoms with Crippen molar-refractivity contribution in [1.82, 2.24) is 19.6 Å². The Morgan fingerprint density at radius 2 is 1.83 bits per heavy atom. The molecule has 3 rings (SSSR count). The zero-order chi connectivity index (χ0) is 21.9. The van der Waals surface area contributed by atoms with E-state index in [1.807, 2.05) is 30.3 Å². The zero-order valence-electron chi connectivity index (χ0n) is 17.2. The summed E-state index contributed by atoms with van der Waals surface area (Å²) in [6, 6.07) is 9.46. The van der Waals surface area contributed by atoms with Crippen molar-refractivity contribution in [3.63, 3.8) is 0 Å². The monoisotopic (exact) mass is 419 g/mol. The molecule has 0 fully saturated rings. The molecule has 30 heavy (non-hydrogen) atoms. The molecule has 0 aliphatic rings. The van der Waals surface area contributed by atoms with E-state index in [1.54, 1.807) is 18.7 Å². The van der Waals surface area contributed by atoms with Crippen LogP contribution in [0.5, 0.6) is 0 Å². The first-order valence-corrected chi connectivity index (χ1v) is 9.87. The van der Waals surface area contributed by atoms with E-state index in [1.165, 1.54) is 0 Å². The summed E-state index contributed by atoms with van der Waals surface area (Å²) in [5, 5.41) is 3.56. The first-order chi connectivity index (χ1) is 14.2. The number of rotatable bonds is 7. The summed E-state index contributed by atoms with van der Waals surface area (Å²) in [7, 11) is 0. The minimum Gasteiger partial charge on any atom is -0.312 e. The van der Waals surface area contributed by atoms with Crippen LogP contribution >= 0.6 is 0 Å². The molecule has 0 bridgehead atoms. The van der Waals surface area contributed by atoms with Gasteiger partial charge in [0.05, 0.1) is 0 Å². The Kier molecular flexibility index (Phi) is 6.38. The number of fused-ring (bicyclic) bond motifs is 1. The molecule has 0 saturated heterocycles. The number of unbranched alkanes of at least 4 members (excludes halogenated alkanes) is 1. The number of para-hydroxylation sites is 1. The summed E-state index contributed by atoms with van der Waals surface area (Å²) in [4.78, 5) is 22.4. The predicted molar refractivity (Wildman–Crippen MR) is 107 cm³/mol. The highest BCUT2D eigenvalue weighted by Crippen LogP contribution is 2.27. The van der Waals surface area contributed by atoms with Crippen molar-refractivity contribution < 1.29 is 18.0 Å². The number of aryl methyl sites for hydroxylation is 2. The average Bonchev–Trinajstić information content (AvgIpc) is 3.13. The van der Waals surface area contributed by atoms with Crippen LogP contribution in [-0.2, 0) is 17.4 Å². The van der Waals surface area contributed by atoms with Crippen LogP contribution in [0.25, 0.3) is 5.78 Å². The lowest BCUT2D eigenvalue weighted by Crippen LogP contribution is -2.32. The molecule has 0 radical (unpaired) electrons. The molecule has 0 N–H and O–H groups in total. The number of aromatic nitrogens is 4. The third-order valence-corrected chi connectivity index (χ3v) is 5.00. The van der Waals surface area contributed by atoms with Crippen molar-refractivity contribution in [2.24, 2.45) is 0 Å². The highest BCUT2D eigenvalue weighted by atomic mass is 19.4. The standard InChI is InChI=1S/C21H24F3N5O/c1-4-5-13-28(16-9-7-6-8-10-16)18(30)12-11-17-14(2)25-20-26-19(21(22,23)24)27-29(20)15(17)3/h6-10H,4-5,11-13H2,1-3H3. The highest BCUT2D eigenvalue weighted by molar-refractivity contribution is 5.93. The molecule has 0 aliphatic carbocycles. The number of hydrogen-bond acceptors (Lipinski definition) is 4. The Morgan fingerprint density at radius 1 is 1.13 bits per heavy atom. The summed E-state index contributed by atoms with van der Waals surface area (Å²) in [5.74, 6) is -1.36. The molecule has 1 amide bonds. The van der Waals surface area contributed by atoms with Crippen molar-refractivity contribution in [3.05, 3.63) is 53.1 Å². The van der Waals surface area contributed by atoms with E-state index in [0.717, 1.165) is 23.0 Å². The number of nitrogens with zero attached hydrogens (tertiary/aromatic N) is 5. The predicted octanol–water partition coefficient (Wildman–Crippen LogP) is 4.53. The van der Waals surface area contributed by atoms with E-state index >= 15 is 0 Å². The highest BCUT2D eigenvalue weighted by Gasteiger charge is 2.37. The van der Waals surface area contributed by atoms with Crippen LogP contribution in [-0.4, -0.2) is 32.0 Å². The Hall–Kier alpha value is -2.97. The second-order valence-corrected chi connectivity index (χ2v) is 7.14. The topological polar surface area (TPSA) is 63.4 Å². The van der Waals surface area contributed by atoms with E-state index in [4.69, 9.17) is 0 Å². The molecule has 3 aromatic rings. The number of carbonyl (C=O) groups excluding carboxylic acids is 1. The maximum absolute atomic E-state index is 13.0. The van der Waals surface area contributed by atoms with E-state index < -0.39 is 12.0 Å². The van der Waals surface area contributed by atoms with Crippen molar-refractivity contribution in [1.29, 1.82) is 0 Å². The Labute approximate surface area is 172 Å². The van der Waals surface area contributed by atoms with E-state index in [0.29, 0.717) is 29.9 Å². The zero-order valence-corrected chi connectivity index (χ0v) is 17.2. The third kappa shape index (κ3) is 4.60. The number of alkyl halides is 3. The Morgan fingerprint density at radius 3 is 2.47 bits per heavy atom.